The van der Waals surface area contributed by atoms with E-state index in [0.717, 1.165) is 22.3 Å². The molecule has 1 heterocycles. The number of imide groups is 1. The van der Waals surface area contributed by atoms with Crippen LogP contribution in [0, 0.1) is 5.41 Å². The molecule has 8 nitrogen and oxygen atoms in total. The first-order valence-electron chi connectivity index (χ1n) is 12.5. The van der Waals surface area contributed by atoms with Gasteiger partial charge in [0.2, 0.25) is 0 Å². The second-order valence-corrected chi connectivity index (χ2v) is 10.5. The van der Waals surface area contributed by atoms with Gasteiger partial charge in [-0.3, -0.25) is 9.59 Å². The van der Waals surface area contributed by atoms with Crippen molar-refractivity contribution >= 4 is 23.9 Å². The van der Waals surface area contributed by atoms with Gasteiger partial charge in [0, 0.05) is 12.0 Å². The number of rotatable bonds is 6. The Balaban J connectivity index is 1.22. The summed E-state index contributed by atoms with van der Waals surface area (Å²) in [7, 11) is 0. The highest BCUT2D eigenvalue weighted by Crippen LogP contribution is 2.44. The van der Waals surface area contributed by atoms with Crippen LogP contribution in [0.1, 0.15) is 65.0 Å². The van der Waals surface area contributed by atoms with E-state index in [4.69, 9.17) is 9.57 Å². The summed E-state index contributed by atoms with van der Waals surface area (Å²) in [5.74, 6) is -2.31. The predicted octanol–water partition coefficient (Wildman–Crippen LogP) is 5.08. The lowest BCUT2D eigenvalue weighted by Gasteiger charge is -2.30. The van der Waals surface area contributed by atoms with Crippen LogP contribution in [-0.2, 0) is 14.4 Å². The lowest BCUT2D eigenvalue weighted by Crippen LogP contribution is -2.46. The number of nitrogens with one attached hydrogen (secondary N) is 1. The molecule has 1 aliphatic carbocycles. The zero-order valence-corrected chi connectivity index (χ0v) is 21.4. The molecule has 38 heavy (non-hydrogen) atoms. The van der Waals surface area contributed by atoms with E-state index in [0.29, 0.717) is 5.06 Å². The number of hydrogen-bond acceptors (Lipinski definition) is 6. The van der Waals surface area contributed by atoms with Crippen molar-refractivity contribution in [2.75, 3.05) is 6.61 Å². The number of alkyl carbamates (subject to hydrolysis) is 1. The van der Waals surface area contributed by atoms with Crippen molar-refractivity contribution in [1.82, 2.24) is 10.4 Å². The molecule has 3 aromatic rings. The van der Waals surface area contributed by atoms with Gasteiger partial charge in [-0.1, -0.05) is 86.5 Å². The predicted molar refractivity (Wildman–Crippen MR) is 139 cm³/mol. The number of ether oxygens (including phenoxy) is 1. The lowest BCUT2D eigenvalue weighted by molar-refractivity contribution is -0.169. The molecule has 2 aliphatic rings. The molecular weight excluding hydrogens is 484 g/mol. The van der Waals surface area contributed by atoms with Crippen LogP contribution in [0.5, 0.6) is 0 Å². The molecule has 1 atom stereocenters. The van der Waals surface area contributed by atoms with E-state index in [1.54, 1.807) is 12.1 Å². The smallest absolute Gasteiger partial charge is 0.407 e. The average Bonchev–Trinajstić information content (AvgIpc) is 3.34. The SMILES string of the molecule is CC(C)(C)C(CC(=O)ON1C(=O)c2ccccc2C1=O)NC(=O)OCC1c2ccccc2-c2ccccc21. The molecule has 1 aliphatic heterocycles. The monoisotopic (exact) mass is 512 g/mol. The van der Waals surface area contributed by atoms with E-state index in [9.17, 15) is 19.2 Å². The third-order valence-electron chi connectivity index (χ3n) is 7.00. The standard InChI is InChI=1S/C30H28N2O6/c1-30(2,3)25(16-26(33)38-32-27(34)22-14-8-9-15-23(22)28(32)35)31-29(36)37-17-24-20-12-6-4-10-18(20)19-11-5-7-13-21(19)24/h4-15,24-25H,16-17H2,1-3H3,(H,31,36). The number of carbonyl (C=O) groups excluding carboxylic acids is 4. The van der Waals surface area contributed by atoms with E-state index in [2.05, 4.69) is 17.4 Å². The first-order chi connectivity index (χ1) is 18.1. The Labute approximate surface area is 220 Å². The van der Waals surface area contributed by atoms with Crippen molar-refractivity contribution in [2.45, 2.75) is 39.2 Å². The Hall–Kier alpha value is -4.46. The molecule has 1 N–H and O–H groups in total. The largest absolute Gasteiger partial charge is 0.449 e. The minimum Gasteiger partial charge on any atom is -0.449 e. The van der Waals surface area contributed by atoms with Crippen molar-refractivity contribution < 1.29 is 28.8 Å². The minimum absolute atomic E-state index is 0.0972. The van der Waals surface area contributed by atoms with Crippen molar-refractivity contribution in [1.29, 1.82) is 0 Å². The second-order valence-electron chi connectivity index (χ2n) is 10.5. The van der Waals surface area contributed by atoms with Crippen LogP contribution in [0.25, 0.3) is 11.1 Å². The van der Waals surface area contributed by atoms with Crippen molar-refractivity contribution in [3.8, 4) is 11.1 Å². The van der Waals surface area contributed by atoms with Gasteiger partial charge < -0.3 is 14.9 Å². The summed E-state index contributed by atoms with van der Waals surface area (Å²) >= 11 is 0. The summed E-state index contributed by atoms with van der Waals surface area (Å²) in [4.78, 5) is 55.8. The number of nitrogens with zero attached hydrogens (tertiary/aromatic N) is 1. The van der Waals surface area contributed by atoms with Gasteiger partial charge in [-0.25, -0.2) is 9.59 Å². The number of amides is 3. The molecule has 1 unspecified atom stereocenters. The van der Waals surface area contributed by atoms with Crippen LogP contribution in [0.4, 0.5) is 4.79 Å². The summed E-state index contributed by atoms with van der Waals surface area (Å²) < 4.78 is 5.64. The maximum Gasteiger partial charge on any atom is 0.407 e. The van der Waals surface area contributed by atoms with E-state index in [1.807, 2.05) is 57.2 Å². The fraction of sp³-hybridized carbons (Fsp3) is 0.267. The molecular formula is C30H28N2O6. The van der Waals surface area contributed by atoms with Crippen LogP contribution in [0.2, 0.25) is 0 Å². The maximum absolute atomic E-state index is 12.9. The van der Waals surface area contributed by atoms with E-state index in [1.165, 1.54) is 12.1 Å². The highest BCUT2D eigenvalue weighted by molar-refractivity contribution is 6.20. The molecule has 0 aromatic heterocycles. The summed E-state index contributed by atoms with van der Waals surface area (Å²) in [5, 5.41) is 3.25. The molecule has 194 valence electrons. The summed E-state index contributed by atoms with van der Waals surface area (Å²) in [6.45, 7) is 5.71. The van der Waals surface area contributed by atoms with E-state index in [-0.39, 0.29) is 30.1 Å². The maximum atomic E-state index is 12.9. The van der Waals surface area contributed by atoms with Crippen molar-refractivity contribution in [3.05, 3.63) is 95.1 Å². The number of carbonyl (C=O) groups is 4. The van der Waals surface area contributed by atoms with Gasteiger partial charge >= 0.3 is 12.1 Å². The fourth-order valence-corrected chi connectivity index (χ4v) is 4.91. The van der Waals surface area contributed by atoms with Crippen LogP contribution in [0.3, 0.4) is 0 Å². The van der Waals surface area contributed by atoms with Crippen molar-refractivity contribution in [3.63, 3.8) is 0 Å². The van der Waals surface area contributed by atoms with Crippen LogP contribution in [0.15, 0.2) is 72.8 Å². The third kappa shape index (κ3) is 4.65. The van der Waals surface area contributed by atoms with Gasteiger partial charge in [0.05, 0.1) is 17.5 Å². The highest BCUT2D eigenvalue weighted by Gasteiger charge is 2.40. The molecule has 3 amide bonds. The topological polar surface area (TPSA) is 102 Å². The summed E-state index contributed by atoms with van der Waals surface area (Å²) in [6.07, 6.45) is -0.929. The normalized spacial score (nSPS) is 15.0. The summed E-state index contributed by atoms with van der Waals surface area (Å²) in [6, 6.07) is 21.7. The first-order valence-corrected chi connectivity index (χ1v) is 12.5. The van der Waals surface area contributed by atoms with Gasteiger partial charge in [0.1, 0.15) is 6.61 Å². The zero-order chi connectivity index (χ0) is 27.0. The molecule has 0 saturated heterocycles. The fourth-order valence-electron chi connectivity index (χ4n) is 4.91. The first kappa shape index (κ1) is 25.2. The number of fused-ring (bicyclic) bond motifs is 4. The van der Waals surface area contributed by atoms with Gasteiger partial charge in [-0.15, -0.1) is 0 Å². The van der Waals surface area contributed by atoms with Crippen LogP contribution < -0.4 is 5.32 Å². The molecule has 8 heteroatoms. The van der Waals surface area contributed by atoms with Crippen LogP contribution >= 0.6 is 0 Å². The van der Waals surface area contributed by atoms with Gasteiger partial charge in [-0.05, 0) is 39.8 Å². The average molecular weight is 513 g/mol. The van der Waals surface area contributed by atoms with E-state index >= 15 is 0 Å². The molecule has 0 radical (unpaired) electrons. The highest BCUT2D eigenvalue weighted by atomic mass is 16.7. The molecule has 0 bridgehead atoms. The zero-order valence-electron chi connectivity index (χ0n) is 21.4. The Bertz CT molecular complexity index is 1360. The van der Waals surface area contributed by atoms with Gasteiger partial charge in [0.25, 0.3) is 11.8 Å². The molecule has 5 rings (SSSR count). The Morgan fingerprint density at radius 1 is 0.816 bits per heavy atom. The van der Waals surface area contributed by atoms with E-state index < -0.39 is 35.3 Å². The second kappa shape index (κ2) is 9.78. The van der Waals surface area contributed by atoms with Crippen LogP contribution in [-0.4, -0.2) is 41.6 Å². The molecule has 0 spiro atoms. The molecule has 0 fully saturated rings. The molecule has 0 saturated carbocycles. The molecule has 3 aromatic carbocycles. The lowest BCUT2D eigenvalue weighted by atomic mass is 9.85. The Kier molecular flexibility index (Phi) is 6.48. The van der Waals surface area contributed by atoms with Gasteiger partial charge in [-0.2, -0.15) is 0 Å². The van der Waals surface area contributed by atoms with Crippen molar-refractivity contribution in [2.24, 2.45) is 5.41 Å². The van der Waals surface area contributed by atoms with Gasteiger partial charge in [0.15, 0.2) is 0 Å². The summed E-state index contributed by atoms with van der Waals surface area (Å²) in [5.41, 5.74) is 4.24. The number of hydrogen-bond donors (Lipinski definition) is 1. The number of hydroxylamine groups is 2. The minimum atomic E-state index is -0.821. The number of benzene rings is 3. The third-order valence-corrected chi connectivity index (χ3v) is 7.00. The Morgan fingerprint density at radius 2 is 1.29 bits per heavy atom. The quantitative estimate of drug-likeness (QED) is 0.462. The Morgan fingerprint density at radius 3 is 1.79 bits per heavy atom.